The summed E-state index contributed by atoms with van der Waals surface area (Å²) in [6.45, 7) is 0. The van der Waals surface area contributed by atoms with Gasteiger partial charge in [-0.1, -0.05) is 6.07 Å². The van der Waals surface area contributed by atoms with Crippen LogP contribution >= 0.6 is 0 Å². The van der Waals surface area contributed by atoms with E-state index in [-0.39, 0.29) is 0 Å². The van der Waals surface area contributed by atoms with Gasteiger partial charge in [-0.15, -0.1) is 0 Å². The summed E-state index contributed by atoms with van der Waals surface area (Å²) in [5.41, 5.74) is 1.87. The van der Waals surface area contributed by atoms with Crippen LogP contribution in [0.3, 0.4) is 0 Å². The third-order valence-electron chi connectivity index (χ3n) is 2.20. The van der Waals surface area contributed by atoms with Crippen LogP contribution in [-0.2, 0) is 0 Å². The first-order valence-electron chi connectivity index (χ1n) is 4.73. The third-order valence-corrected chi connectivity index (χ3v) is 2.20. The Balaban J connectivity index is 2.07. The molecule has 78 valence electrons. The van der Waals surface area contributed by atoms with Gasteiger partial charge in [-0.2, -0.15) is 10.2 Å². The standard InChI is InChI=1S/C10H8N6/c1-2-9(15-7-11-5-13-15)4-10(3-1)16-8-12-6-14-16/h1-8H/i13+1,14+1,15+1,16+1. The maximum atomic E-state index is 4.07. The van der Waals surface area contributed by atoms with Crippen molar-refractivity contribution in [3.63, 3.8) is 0 Å². The molecule has 0 aliphatic carbocycles. The molecule has 0 amide bonds. The van der Waals surface area contributed by atoms with Crippen molar-refractivity contribution in [2.24, 2.45) is 0 Å². The molecular weight excluding hydrogens is 208 g/mol. The molecule has 6 heteroatoms. The smallest absolute Gasteiger partial charge is 0.138 e. The molecule has 16 heavy (non-hydrogen) atoms. The number of benzene rings is 1. The Bertz CT molecular complexity index is 520. The summed E-state index contributed by atoms with van der Waals surface area (Å²) in [5.74, 6) is 0. The van der Waals surface area contributed by atoms with Crippen LogP contribution in [0.4, 0.5) is 0 Å². The van der Waals surface area contributed by atoms with Crippen LogP contribution in [0.25, 0.3) is 11.4 Å². The molecule has 0 saturated carbocycles. The number of hydrogen-bond acceptors (Lipinski definition) is 4. The molecular formula is C10H8N6. The van der Waals surface area contributed by atoms with Crippen molar-refractivity contribution >= 4 is 0 Å². The average Bonchev–Trinajstić information content (AvgIpc) is 3.03. The predicted octanol–water partition coefficient (Wildman–Crippen LogP) is 0.848. The van der Waals surface area contributed by atoms with Crippen LogP contribution in [0.1, 0.15) is 0 Å². The SMILES string of the molecule is c1cc(-[15n]2cnc[15n]2)cc(-[15n]2cnc[15n]2)c1. The van der Waals surface area contributed by atoms with Crippen LogP contribution in [-0.4, -0.2) is 29.5 Å². The Morgan fingerprint density at radius 2 is 1.38 bits per heavy atom. The van der Waals surface area contributed by atoms with Gasteiger partial charge < -0.3 is 0 Å². The Morgan fingerprint density at radius 3 is 1.81 bits per heavy atom. The number of aromatic nitrogens is 6. The molecule has 1 aromatic carbocycles. The Labute approximate surface area is 91.2 Å². The second-order valence-electron chi connectivity index (χ2n) is 3.20. The highest BCUT2D eigenvalue weighted by Crippen LogP contribution is 2.11. The number of rotatable bonds is 2. The van der Waals surface area contributed by atoms with Gasteiger partial charge in [-0.05, 0) is 18.2 Å². The van der Waals surface area contributed by atoms with E-state index in [0.717, 1.165) is 11.4 Å². The summed E-state index contributed by atoms with van der Waals surface area (Å²) in [7, 11) is 0. The van der Waals surface area contributed by atoms with Gasteiger partial charge in [0.2, 0.25) is 0 Å². The maximum Gasteiger partial charge on any atom is 0.138 e. The molecule has 0 radical (unpaired) electrons. The Hall–Kier alpha value is -2.50. The maximum absolute atomic E-state index is 4.07. The van der Waals surface area contributed by atoms with Crippen molar-refractivity contribution in [3.8, 4) is 11.4 Å². The molecule has 0 N–H and O–H groups in total. The lowest BCUT2D eigenvalue weighted by molar-refractivity contribution is 0.854. The molecule has 0 atom stereocenters. The minimum Gasteiger partial charge on any atom is -0.223 e. The Morgan fingerprint density at radius 1 is 0.812 bits per heavy atom. The largest absolute Gasteiger partial charge is 0.223 e. The Kier molecular flexibility index (Phi) is 1.96. The first-order valence-corrected chi connectivity index (χ1v) is 4.73. The lowest BCUT2D eigenvalue weighted by Gasteiger charge is -2.03. The fourth-order valence-electron chi connectivity index (χ4n) is 1.46. The molecule has 6 nitrogen and oxygen atoms in total. The first kappa shape index (κ1) is 8.78. The topological polar surface area (TPSA) is 61.4 Å². The molecule has 2 heterocycles. The summed E-state index contributed by atoms with van der Waals surface area (Å²) in [6.07, 6.45) is 6.31. The molecule has 3 aromatic rings. The zero-order valence-electron chi connectivity index (χ0n) is 8.30. The van der Waals surface area contributed by atoms with Gasteiger partial charge in [0.25, 0.3) is 0 Å². The van der Waals surface area contributed by atoms with Gasteiger partial charge in [0.15, 0.2) is 0 Å². The molecule has 0 aliphatic rings. The molecule has 0 spiro atoms. The van der Waals surface area contributed by atoms with Crippen LogP contribution in [0.2, 0.25) is 0 Å². The molecule has 3 rings (SSSR count). The van der Waals surface area contributed by atoms with E-state index in [9.17, 15) is 0 Å². The molecule has 0 saturated heterocycles. The fraction of sp³-hybridized carbons (Fsp3) is 0. The highest BCUT2D eigenvalue weighted by Gasteiger charge is 2.00. The second-order valence-corrected chi connectivity index (χ2v) is 3.20. The minimum atomic E-state index is 0.936. The van der Waals surface area contributed by atoms with Gasteiger partial charge in [-0.3, -0.25) is 0 Å². The average molecular weight is 216 g/mol. The van der Waals surface area contributed by atoms with Gasteiger partial charge in [0, 0.05) is 0 Å². The van der Waals surface area contributed by atoms with Gasteiger partial charge in [-0.25, -0.2) is 19.3 Å². The van der Waals surface area contributed by atoms with Crippen molar-refractivity contribution in [2.45, 2.75) is 0 Å². The summed E-state index contributed by atoms with van der Waals surface area (Å²) in [6, 6.07) is 7.81. The molecule has 0 bridgehead atoms. The summed E-state index contributed by atoms with van der Waals surface area (Å²) < 4.78 is 3.39. The normalized spacial score (nSPS) is 10.5. The second kappa shape index (κ2) is 3.58. The minimum absolute atomic E-state index is 0.936. The van der Waals surface area contributed by atoms with Crippen LogP contribution in [0.15, 0.2) is 49.6 Å². The zero-order chi connectivity index (χ0) is 10.8. The summed E-state index contributed by atoms with van der Waals surface area (Å²) in [4.78, 5) is 7.82. The quantitative estimate of drug-likeness (QED) is 0.637. The predicted molar refractivity (Wildman–Crippen MR) is 56.3 cm³/mol. The van der Waals surface area contributed by atoms with Gasteiger partial charge in [0.1, 0.15) is 25.3 Å². The van der Waals surface area contributed by atoms with Gasteiger partial charge in [0.05, 0.1) is 11.4 Å². The van der Waals surface area contributed by atoms with Crippen molar-refractivity contribution in [1.29, 1.82) is 0 Å². The fourth-order valence-corrected chi connectivity index (χ4v) is 1.46. The van der Waals surface area contributed by atoms with E-state index in [0.29, 0.717) is 0 Å². The summed E-state index contributed by atoms with van der Waals surface area (Å²) in [5, 5.41) is 8.14. The number of nitrogens with zero attached hydrogens (tertiary/aromatic N) is 6. The van der Waals surface area contributed by atoms with Crippen molar-refractivity contribution < 1.29 is 0 Å². The first-order chi connectivity index (χ1) is 7.93. The third kappa shape index (κ3) is 1.46. The van der Waals surface area contributed by atoms with Gasteiger partial charge >= 0.3 is 0 Å². The van der Waals surface area contributed by atoms with Crippen molar-refractivity contribution in [1.82, 2.24) is 29.5 Å². The van der Waals surface area contributed by atoms with Crippen LogP contribution in [0.5, 0.6) is 0 Å². The van der Waals surface area contributed by atoms with E-state index in [2.05, 4.69) is 20.2 Å². The van der Waals surface area contributed by atoms with E-state index in [1.165, 1.54) is 12.7 Å². The lowest BCUT2D eigenvalue weighted by Crippen LogP contribution is -1.98. The molecule has 0 fully saturated rings. The van der Waals surface area contributed by atoms with E-state index in [1.54, 1.807) is 22.0 Å². The molecule has 2 aromatic heterocycles. The lowest BCUT2D eigenvalue weighted by atomic mass is 10.3. The summed E-state index contributed by atoms with van der Waals surface area (Å²) >= 11 is 0. The molecule has 0 unspecified atom stereocenters. The highest BCUT2D eigenvalue weighted by atomic mass is 16.2. The van der Waals surface area contributed by atoms with Crippen LogP contribution < -0.4 is 0 Å². The van der Waals surface area contributed by atoms with E-state index < -0.39 is 0 Å². The van der Waals surface area contributed by atoms with Crippen molar-refractivity contribution in [2.75, 3.05) is 0 Å². The monoisotopic (exact) mass is 216 g/mol. The van der Waals surface area contributed by atoms with Crippen molar-refractivity contribution in [3.05, 3.63) is 49.6 Å². The van der Waals surface area contributed by atoms with E-state index >= 15 is 0 Å². The van der Waals surface area contributed by atoms with Crippen LogP contribution in [0, 0.1) is 0 Å². The van der Waals surface area contributed by atoms with E-state index in [1.807, 2.05) is 24.3 Å². The highest BCUT2D eigenvalue weighted by molar-refractivity contribution is 5.42. The zero-order valence-corrected chi connectivity index (χ0v) is 8.30. The van der Waals surface area contributed by atoms with E-state index in [4.69, 9.17) is 0 Å². The molecule has 0 aliphatic heterocycles. The number of hydrogen-bond donors (Lipinski definition) is 0.